The second-order valence-corrected chi connectivity index (χ2v) is 3.98. The number of anilines is 1. The number of hydrogen-bond acceptors (Lipinski definition) is 7. The highest BCUT2D eigenvalue weighted by molar-refractivity contribution is 5.96. The Morgan fingerprint density at radius 3 is 2.67 bits per heavy atom. The van der Waals surface area contributed by atoms with Crippen LogP contribution >= 0.6 is 0 Å². The van der Waals surface area contributed by atoms with Crippen LogP contribution in [0.2, 0.25) is 0 Å². The number of methoxy groups -OCH3 is 1. The van der Waals surface area contributed by atoms with Gasteiger partial charge in [0.1, 0.15) is 6.61 Å². The molecule has 0 bridgehead atoms. The molecular weight excluding hydrogens is 280 g/mol. The molecule has 0 spiro atoms. The number of ether oxygens (including phenoxy) is 2. The summed E-state index contributed by atoms with van der Waals surface area (Å²) in [4.78, 5) is 32.7. The zero-order chi connectivity index (χ0) is 15.8. The van der Waals surface area contributed by atoms with Crippen molar-refractivity contribution in [1.29, 1.82) is 0 Å². The summed E-state index contributed by atoms with van der Waals surface area (Å²) in [5, 5.41) is 13.6. The predicted octanol–water partition coefficient (Wildman–Crippen LogP) is 1.75. The Bertz CT molecular complexity index is 543. The van der Waals surface area contributed by atoms with Crippen molar-refractivity contribution in [2.24, 2.45) is 0 Å². The summed E-state index contributed by atoms with van der Waals surface area (Å²) >= 11 is 0. The lowest BCUT2D eigenvalue weighted by Gasteiger charge is -2.10. The second-order valence-electron chi connectivity index (χ2n) is 3.98. The maximum absolute atomic E-state index is 11.6. The molecule has 0 saturated heterocycles. The molecule has 21 heavy (non-hydrogen) atoms. The van der Waals surface area contributed by atoms with E-state index in [9.17, 15) is 19.7 Å². The normalized spacial score (nSPS) is 9.81. The largest absolute Gasteiger partial charge is 0.465 e. The highest BCUT2D eigenvalue weighted by Crippen LogP contribution is 2.22. The minimum Gasteiger partial charge on any atom is -0.465 e. The SMILES string of the molecule is CCC(=O)OCCNc1ccc([N+](=O)[O-])cc1C(=O)OC. The fourth-order valence-electron chi connectivity index (χ4n) is 1.53. The Labute approximate surface area is 121 Å². The quantitative estimate of drug-likeness (QED) is 0.353. The molecule has 1 aromatic carbocycles. The maximum atomic E-state index is 11.6. The molecule has 0 saturated carbocycles. The Hall–Kier alpha value is -2.64. The smallest absolute Gasteiger partial charge is 0.340 e. The Kier molecular flexibility index (Phi) is 6.12. The third-order valence-electron chi connectivity index (χ3n) is 2.59. The number of carbonyl (C=O) groups is 2. The van der Waals surface area contributed by atoms with Crippen molar-refractivity contribution in [3.8, 4) is 0 Å². The third-order valence-corrected chi connectivity index (χ3v) is 2.59. The van der Waals surface area contributed by atoms with Gasteiger partial charge in [-0.15, -0.1) is 0 Å². The van der Waals surface area contributed by atoms with Crippen LogP contribution in [0.1, 0.15) is 23.7 Å². The van der Waals surface area contributed by atoms with Gasteiger partial charge in [0.15, 0.2) is 0 Å². The molecule has 0 fully saturated rings. The first-order valence-electron chi connectivity index (χ1n) is 6.25. The van der Waals surface area contributed by atoms with E-state index in [1.54, 1.807) is 6.92 Å². The third kappa shape index (κ3) is 4.75. The van der Waals surface area contributed by atoms with Crippen LogP contribution in [0.4, 0.5) is 11.4 Å². The summed E-state index contributed by atoms with van der Waals surface area (Å²) in [5.74, 6) is -1.01. The van der Waals surface area contributed by atoms with Gasteiger partial charge in [0, 0.05) is 30.8 Å². The Balaban J connectivity index is 2.78. The lowest BCUT2D eigenvalue weighted by atomic mass is 10.1. The number of carbonyl (C=O) groups excluding carboxylic acids is 2. The van der Waals surface area contributed by atoms with Gasteiger partial charge in [0.25, 0.3) is 5.69 Å². The number of non-ortho nitro benzene ring substituents is 1. The van der Waals surface area contributed by atoms with Crippen LogP contribution in [0, 0.1) is 10.1 Å². The average Bonchev–Trinajstić information content (AvgIpc) is 2.50. The topological polar surface area (TPSA) is 108 Å². The van der Waals surface area contributed by atoms with Crippen LogP contribution < -0.4 is 5.32 Å². The molecule has 0 amide bonds. The molecule has 0 aliphatic carbocycles. The average molecular weight is 296 g/mol. The molecule has 8 nitrogen and oxygen atoms in total. The van der Waals surface area contributed by atoms with E-state index < -0.39 is 10.9 Å². The summed E-state index contributed by atoms with van der Waals surface area (Å²) in [7, 11) is 1.19. The lowest BCUT2D eigenvalue weighted by molar-refractivity contribution is -0.384. The monoisotopic (exact) mass is 296 g/mol. The lowest BCUT2D eigenvalue weighted by Crippen LogP contribution is -2.15. The standard InChI is InChI=1S/C13H16N2O6/c1-3-12(16)21-7-6-14-11-5-4-9(15(18)19)8-10(11)13(17)20-2/h4-5,8,14H,3,6-7H2,1-2H3. The van der Waals surface area contributed by atoms with Gasteiger partial charge in [-0.25, -0.2) is 4.79 Å². The molecule has 114 valence electrons. The van der Waals surface area contributed by atoms with E-state index in [1.807, 2.05) is 0 Å². The van der Waals surface area contributed by atoms with Crippen LogP contribution in [0.25, 0.3) is 0 Å². The van der Waals surface area contributed by atoms with Gasteiger partial charge >= 0.3 is 11.9 Å². The van der Waals surface area contributed by atoms with Gasteiger partial charge in [-0.1, -0.05) is 6.92 Å². The van der Waals surface area contributed by atoms with Crippen LogP contribution in [0.15, 0.2) is 18.2 Å². The molecular formula is C13H16N2O6. The van der Waals surface area contributed by atoms with Crippen LogP contribution in [0.5, 0.6) is 0 Å². The van der Waals surface area contributed by atoms with Crippen molar-refractivity contribution in [1.82, 2.24) is 0 Å². The van der Waals surface area contributed by atoms with Crippen molar-refractivity contribution in [2.45, 2.75) is 13.3 Å². The number of nitrogens with zero attached hydrogens (tertiary/aromatic N) is 1. The van der Waals surface area contributed by atoms with E-state index in [-0.39, 0.29) is 36.8 Å². The van der Waals surface area contributed by atoms with Crippen LogP contribution in [0.3, 0.4) is 0 Å². The first-order chi connectivity index (χ1) is 9.99. The highest BCUT2D eigenvalue weighted by atomic mass is 16.6. The van der Waals surface area contributed by atoms with Crippen molar-refractivity contribution in [2.75, 3.05) is 25.6 Å². The number of benzene rings is 1. The number of hydrogen-bond donors (Lipinski definition) is 1. The van der Waals surface area contributed by atoms with Gasteiger partial charge < -0.3 is 14.8 Å². The zero-order valence-corrected chi connectivity index (χ0v) is 11.8. The maximum Gasteiger partial charge on any atom is 0.340 e. The van der Waals surface area contributed by atoms with Crippen molar-refractivity contribution in [3.05, 3.63) is 33.9 Å². The number of esters is 2. The fourth-order valence-corrected chi connectivity index (χ4v) is 1.53. The summed E-state index contributed by atoms with van der Waals surface area (Å²) in [6, 6.07) is 3.81. The molecule has 8 heteroatoms. The van der Waals surface area contributed by atoms with Crippen molar-refractivity contribution in [3.63, 3.8) is 0 Å². The molecule has 1 N–H and O–H groups in total. The van der Waals surface area contributed by atoms with Gasteiger partial charge in [0.2, 0.25) is 0 Å². The molecule has 0 radical (unpaired) electrons. The van der Waals surface area contributed by atoms with E-state index in [2.05, 4.69) is 10.1 Å². The van der Waals surface area contributed by atoms with Crippen molar-refractivity contribution < 1.29 is 24.0 Å². The summed E-state index contributed by atoms with van der Waals surface area (Å²) in [6.07, 6.45) is 0.283. The molecule has 0 aliphatic rings. The molecule has 0 aromatic heterocycles. The number of nitro groups is 1. The van der Waals surface area contributed by atoms with E-state index in [0.717, 1.165) is 6.07 Å². The predicted molar refractivity (Wildman–Crippen MR) is 74.2 cm³/mol. The number of nitro benzene ring substituents is 1. The summed E-state index contributed by atoms with van der Waals surface area (Å²) in [6.45, 7) is 2.08. The van der Waals surface area contributed by atoms with E-state index in [4.69, 9.17) is 4.74 Å². The summed E-state index contributed by atoms with van der Waals surface area (Å²) < 4.78 is 9.46. The zero-order valence-electron chi connectivity index (χ0n) is 11.8. The van der Waals surface area contributed by atoms with Crippen LogP contribution in [-0.2, 0) is 14.3 Å². The molecule has 0 unspecified atom stereocenters. The van der Waals surface area contributed by atoms with Crippen LogP contribution in [-0.4, -0.2) is 37.1 Å². The van der Waals surface area contributed by atoms with E-state index in [1.165, 1.54) is 19.2 Å². The van der Waals surface area contributed by atoms with Gasteiger partial charge in [-0.3, -0.25) is 14.9 Å². The van der Waals surface area contributed by atoms with E-state index >= 15 is 0 Å². The molecule has 0 heterocycles. The molecule has 1 rings (SSSR count). The first-order valence-corrected chi connectivity index (χ1v) is 6.25. The second kappa shape index (κ2) is 7.83. The van der Waals surface area contributed by atoms with Crippen molar-refractivity contribution >= 4 is 23.3 Å². The Morgan fingerprint density at radius 1 is 1.38 bits per heavy atom. The van der Waals surface area contributed by atoms with Gasteiger partial charge in [-0.05, 0) is 6.07 Å². The summed E-state index contributed by atoms with van der Waals surface area (Å²) in [5.41, 5.74) is 0.215. The minimum absolute atomic E-state index is 0.0496. The minimum atomic E-state index is -0.688. The highest BCUT2D eigenvalue weighted by Gasteiger charge is 2.17. The van der Waals surface area contributed by atoms with Gasteiger partial charge in [-0.2, -0.15) is 0 Å². The number of rotatable bonds is 7. The van der Waals surface area contributed by atoms with Gasteiger partial charge in [0.05, 0.1) is 17.6 Å². The Morgan fingerprint density at radius 2 is 2.10 bits per heavy atom. The molecule has 0 atom stereocenters. The first kappa shape index (κ1) is 16.4. The molecule has 1 aromatic rings. The fraction of sp³-hybridized carbons (Fsp3) is 0.385. The molecule has 0 aliphatic heterocycles. The van der Waals surface area contributed by atoms with E-state index in [0.29, 0.717) is 5.69 Å². The number of nitrogens with one attached hydrogen (secondary N) is 1.